The first-order valence-corrected chi connectivity index (χ1v) is 6.63. The standard InChI is InChI=1S/C12H18ClNS/c1-9(2)8-15-12(7-14)10-4-3-5-11(13)6-10/h3-6,9,12H,7-8,14H2,1-2H3. The number of hydrogen-bond acceptors (Lipinski definition) is 2. The van der Waals surface area contributed by atoms with E-state index >= 15 is 0 Å². The molecule has 0 spiro atoms. The average molecular weight is 244 g/mol. The third-order valence-corrected chi connectivity index (χ3v) is 4.03. The van der Waals surface area contributed by atoms with Crippen molar-refractivity contribution in [2.75, 3.05) is 12.3 Å². The van der Waals surface area contributed by atoms with Gasteiger partial charge in [-0.1, -0.05) is 37.6 Å². The summed E-state index contributed by atoms with van der Waals surface area (Å²) in [6, 6.07) is 7.98. The molecule has 84 valence electrons. The molecular weight excluding hydrogens is 226 g/mol. The smallest absolute Gasteiger partial charge is 0.0420 e. The normalized spacial score (nSPS) is 13.1. The fraction of sp³-hybridized carbons (Fsp3) is 0.500. The van der Waals surface area contributed by atoms with Crippen molar-refractivity contribution in [2.45, 2.75) is 19.1 Å². The van der Waals surface area contributed by atoms with Crippen molar-refractivity contribution in [1.29, 1.82) is 0 Å². The van der Waals surface area contributed by atoms with E-state index in [9.17, 15) is 0 Å². The fourth-order valence-corrected chi connectivity index (χ4v) is 2.61. The minimum absolute atomic E-state index is 0.367. The van der Waals surface area contributed by atoms with E-state index in [2.05, 4.69) is 19.9 Å². The predicted octanol–water partition coefficient (Wildman–Crippen LogP) is 3.73. The third-order valence-electron chi connectivity index (χ3n) is 2.07. The summed E-state index contributed by atoms with van der Waals surface area (Å²) in [5, 5.41) is 1.15. The van der Waals surface area contributed by atoms with Crippen molar-refractivity contribution < 1.29 is 0 Å². The summed E-state index contributed by atoms with van der Waals surface area (Å²) in [6.07, 6.45) is 0. The van der Waals surface area contributed by atoms with Crippen molar-refractivity contribution >= 4 is 23.4 Å². The Hall–Kier alpha value is -0.180. The maximum absolute atomic E-state index is 5.96. The molecule has 0 aliphatic rings. The molecule has 1 aromatic rings. The molecule has 1 aromatic carbocycles. The number of rotatable bonds is 5. The summed E-state index contributed by atoms with van der Waals surface area (Å²) in [7, 11) is 0. The van der Waals surface area contributed by atoms with Crippen molar-refractivity contribution in [3.63, 3.8) is 0 Å². The van der Waals surface area contributed by atoms with E-state index in [-0.39, 0.29) is 0 Å². The van der Waals surface area contributed by atoms with Crippen LogP contribution >= 0.6 is 23.4 Å². The number of thioether (sulfide) groups is 1. The van der Waals surface area contributed by atoms with Gasteiger partial charge in [0, 0.05) is 16.8 Å². The molecule has 3 heteroatoms. The van der Waals surface area contributed by atoms with Crippen LogP contribution in [-0.2, 0) is 0 Å². The van der Waals surface area contributed by atoms with E-state index in [1.165, 1.54) is 5.56 Å². The summed E-state index contributed by atoms with van der Waals surface area (Å²) in [6.45, 7) is 5.11. The SMILES string of the molecule is CC(C)CSC(CN)c1cccc(Cl)c1. The Morgan fingerprint density at radius 1 is 1.40 bits per heavy atom. The quantitative estimate of drug-likeness (QED) is 0.853. The molecule has 0 aliphatic carbocycles. The zero-order valence-corrected chi connectivity index (χ0v) is 10.8. The van der Waals surface area contributed by atoms with Gasteiger partial charge in [0.1, 0.15) is 0 Å². The van der Waals surface area contributed by atoms with E-state index in [0.29, 0.717) is 17.7 Å². The summed E-state index contributed by atoms with van der Waals surface area (Å²) >= 11 is 7.87. The minimum Gasteiger partial charge on any atom is -0.329 e. The Balaban J connectivity index is 2.65. The highest BCUT2D eigenvalue weighted by Crippen LogP contribution is 2.30. The number of hydrogen-bond donors (Lipinski definition) is 1. The van der Waals surface area contributed by atoms with Gasteiger partial charge >= 0.3 is 0 Å². The summed E-state index contributed by atoms with van der Waals surface area (Å²) < 4.78 is 0. The van der Waals surface area contributed by atoms with Crippen LogP contribution < -0.4 is 5.73 Å². The van der Waals surface area contributed by atoms with Gasteiger partial charge < -0.3 is 5.73 Å². The minimum atomic E-state index is 0.367. The lowest BCUT2D eigenvalue weighted by atomic mass is 10.1. The molecule has 1 nitrogen and oxygen atoms in total. The van der Waals surface area contributed by atoms with E-state index in [1.807, 2.05) is 30.0 Å². The molecule has 0 heterocycles. The molecule has 0 aromatic heterocycles. The second-order valence-corrected chi connectivity index (χ2v) is 5.68. The molecule has 0 saturated carbocycles. The van der Waals surface area contributed by atoms with Gasteiger partial charge in [-0.05, 0) is 29.4 Å². The lowest BCUT2D eigenvalue weighted by Crippen LogP contribution is -2.10. The zero-order chi connectivity index (χ0) is 11.3. The first-order chi connectivity index (χ1) is 7.13. The molecular formula is C12H18ClNS. The molecule has 0 radical (unpaired) electrons. The number of halogens is 1. The van der Waals surface area contributed by atoms with E-state index in [4.69, 9.17) is 17.3 Å². The predicted molar refractivity (Wildman–Crippen MR) is 70.5 cm³/mol. The van der Waals surface area contributed by atoms with Gasteiger partial charge in [0.05, 0.1) is 0 Å². The number of nitrogens with two attached hydrogens (primary N) is 1. The molecule has 15 heavy (non-hydrogen) atoms. The van der Waals surface area contributed by atoms with Crippen LogP contribution in [0, 0.1) is 5.92 Å². The molecule has 1 rings (SSSR count). The Bertz CT molecular complexity index is 301. The van der Waals surface area contributed by atoms with Crippen LogP contribution in [0.4, 0.5) is 0 Å². The monoisotopic (exact) mass is 243 g/mol. The second-order valence-electron chi connectivity index (χ2n) is 4.01. The van der Waals surface area contributed by atoms with Gasteiger partial charge in [-0.3, -0.25) is 0 Å². The maximum atomic E-state index is 5.96. The highest BCUT2D eigenvalue weighted by Gasteiger charge is 2.10. The topological polar surface area (TPSA) is 26.0 Å². The van der Waals surface area contributed by atoms with Crippen molar-refractivity contribution in [3.05, 3.63) is 34.9 Å². The Kier molecular flexibility index (Phi) is 5.51. The van der Waals surface area contributed by atoms with Crippen LogP contribution in [0.25, 0.3) is 0 Å². The van der Waals surface area contributed by atoms with Crippen molar-refractivity contribution in [2.24, 2.45) is 11.7 Å². The van der Waals surface area contributed by atoms with Gasteiger partial charge in [-0.2, -0.15) is 11.8 Å². The van der Waals surface area contributed by atoms with Crippen LogP contribution in [0.15, 0.2) is 24.3 Å². The molecule has 0 saturated heterocycles. The number of benzene rings is 1. The van der Waals surface area contributed by atoms with Gasteiger partial charge in [-0.15, -0.1) is 0 Å². The summed E-state index contributed by atoms with van der Waals surface area (Å²) in [5.74, 6) is 1.83. The molecule has 0 amide bonds. The molecule has 0 bridgehead atoms. The van der Waals surface area contributed by atoms with Gasteiger partial charge in [0.2, 0.25) is 0 Å². The first kappa shape index (κ1) is 12.9. The first-order valence-electron chi connectivity index (χ1n) is 5.20. The molecule has 1 unspecified atom stereocenters. The lowest BCUT2D eigenvalue weighted by Gasteiger charge is -2.16. The van der Waals surface area contributed by atoms with Gasteiger partial charge in [0.15, 0.2) is 0 Å². The van der Waals surface area contributed by atoms with E-state index < -0.39 is 0 Å². The average Bonchev–Trinajstić information content (AvgIpc) is 2.18. The van der Waals surface area contributed by atoms with Crippen LogP contribution in [0.3, 0.4) is 0 Å². The van der Waals surface area contributed by atoms with Gasteiger partial charge in [0.25, 0.3) is 0 Å². The van der Waals surface area contributed by atoms with E-state index in [1.54, 1.807) is 0 Å². The second kappa shape index (κ2) is 6.41. The van der Waals surface area contributed by atoms with Crippen molar-refractivity contribution in [1.82, 2.24) is 0 Å². The highest BCUT2D eigenvalue weighted by molar-refractivity contribution is 7.99. The lowest BCUT2D eigenvalue weighted by molar-refractivity contribution is 0.746. The Labute approximate surface area is 101 Å². The molecule has 0 aliphatic heterocycles. The largest absolute Gasteiger partial charge is 0.329 e. The van der Waals surface area contributed by atoms with Crippen LogP contribution in [0.2, 0.25) is 5.02 Å². The maximum Gasteiger partial charge on any atom is 0.0420 e. The zero-order valence-electron chi connectivity index (χ0n) is 9.24. The molecule has 1 atom stereocenters. The molecule has 0 fully saturated rings. The molecule has 2 N–H and O–H groups in total. The third kappa shape index (κ3) is 4.45. The highest BCUT2D eigenvalue weighted by atomic mass is 35.5. The van der Waals surface area contributed by atoms with Crippen LogP contribution in [-0.4, -0.2) is 12.3 Å². The van der Waals surface area contributed by atoms with Crippen molar-refractivity contribution in [3.8, 4) is 0 Å². The Morgan fingerprint density at radius 3 is 2.67 bits per heavy atom. The fourth-order valence-electron chi connectivity index (χ4n) is 1.32. The Morgan fingerprint density at radius 2 is 2.13 bits per heavy atom. The summed E-state index contributed by atoms with van der Waals surface area (Å²) in [5.41, 5.74) is 7.01. The van der Waals surface area contributed by atoms with Crippen LogP contribution in [0.1, 0.15) is 24.7 Å². The van der Waals surface area contributed by atoms with E-state index in [0.717, 1.165) is 10.8 Å². The summed E-state index contributed by atoms with van der Waals surface area (Å²) in [4.78, 5) is 0. The van der Waals surface area contributed by atoms with Gasteiger partial charge in [-0.25, -0.2) is 0 Å². The van der Waals surface area contributed by atoms with Crippen LogP contribution in [0.5, 0.6) is 0 Å².